The smallest absolute Gasteiger partial charge is 0.407 e. The Balaban J connectivity index is 1.56. The molecule has 0 bridgehead atoms. The average Bonchev–Trinajstić information content (AvgIpc) is 3.25. The minimum atomic E-state index is -0.612. The number of halogens is 1. The Kier molecular flexibility index (Phi) is 6.30. The highest BCUT2D eigenvalue weighted by atomic mass is 19.1. The van der Waals surface area contributed by atoms with Crippen LogP contribution in [0.25, 0.3) is 11.1 Å². The molecule has 0 radical (unpaired) electrons. The number of oxazole rings is 1. The fraction of sp³-hybridized carbons (Fsp3) is 0.524. The van der Waals surface area contributed by atoms with Crippen LogP contribution >= 0.6 is 0 Å². The van der Waals surface area contributed by atoms with Gasteiger partial charge in [0.05, 0.1) is 6.33 Å². The normalized spacial score (nSPS) is 17.6. The van der Waals surface area contributed by atoms with E-state index in [1.807, 2.05) is 6.07 Å². The van der Waals surface area contributed by atoms with Crippen molar-refractivity contribution in [3.63, 3.8) is 0 Å². The third kappa shape index (κ3) is 5.85. The molecule has 158 valence electrons. The highest BCUT2D eigenvalue weighted by Gasteiger charge is 2.23. The van der Waals surface area contributed by atoms with Crippen molar-refractivity contribution in [1.29, 1.82) is 0 Å². The fourth-order valence-corrected chi connectivity index (χ4v) is 3.02. The zero-order chi connectivity index (χ0) is 21.0. The zero-order valence-electron chi connectivity index (χ0n) is 17.3. The Morgan fingerprint density at radius 1 is 1.45 bits per heavy atom. The Labute approximate surface area is 169 Å². The molecule has 1 unspecified atom stereocenters. The zero-order valence-corrected chi connectivity index (χ0v) is 17.3. The Bertz CT molecular complexity index is 888. The summed E-state index contributed by atoms with van der Waals surface area (Å²) in [6.45, 7) is 9.35. The number of hydrogen-bond donors (Lipinski definition) is 1. The van der Waals surface area contributed by atoms with Crippen LogP contribution < -0.4 is 15.0 Å². The number of anilines is 1. The standard InChI is InChI=1S/C21H28FN3O4/c1-14-7-8-25(12-14)19-24-17-6-5-16(9-18(17)28-19)27-13-15(10-22)11-23-20(26)29-21(2,3)4/h5-6,9-10,14H,7-8,11-13H2,1-4H3,(H,23,26). The third-order valence-electron chi connectivity index (χ3n) is 4.48. The van der Waals surface area contributed by atoms with Crippen molar-refractivity contribution in [3.05, 3.63) is 30.1 Å². The summed E-state index contributed by atoms with van der Waals surface area (Å²) in [5.41, 5.74) is 1.04. The number of benzene rings is 1. The van der Waals surface area contributed by atoms with Crippen molar-refractivity contribution in [2.24, 2.45) is 5.92 Å². The van der Waals surface area contributed by atoms with E-state index in [9.17, 15) is 9.18 Å². The van der Waals surface area contributed by atoms with Crippen molar-refractivity contribution < 1.29 is 23.1 Å². The van der Waals surface area contributed by atoms with Gasteiger partial charge < -0.3 is 24.1 Å². The van der Waals surface area contributed by atoms with Gasteiger partial charge in [-0.25, -0.2) is 9.18 Å². The first kappa shape index (κ1) is 21.0. The highest BCUT2D eigenvalue weighted by Crippen LogP contribution is 2.29. The molecule has 1 atom stereocenters. The summed E-state index contributed by atoms with van der Waals surface area (Å²) in [6, 6.07) is 5.93. The van der Waals surface area contributed by atoms with Crippen LogP contribution in [0.5, 0.6) is 5.75 Å². The first-order valence-corrected chi connectivity index (χ1v) is 9.77. The second kappa shape index (κ2) is 8.71. The van der Waals surface area contributed by atoms with E-state index < -0.39 is 11.7 Å². The number of aromatic nitrogens is 1. The van der Waals surface area contributed by atoms with Crippen LogP contribution in [0.15, 0.2) is 34.5 Å². The summed E-state index contributed by atoms with van der Waals surface area (Å²) in [5, 5.41) is 2.51. The van der Waals surface area contributed by atoms with Crippen LogP contribution in [0.1, 0.15) is 34.1 Å². The van der Waals surface area contributed by atoms with Gasteiger partial charge in [0.1, 0.15) is 23.5 Å². The van der Waals surface area contributed by atoms with Crippen LogP contribution in [-0.4, -0.2) is 42.9 Å². The maximum Gasteiger partial charge on any atom is 0.407 e. The number of carbonyl (C=O) groups excluding carboxylic acids is 1. The van der Waals surface area contributed by atoms with Gasteiger partial charge in [0, 0.05) is 31.3 Å². The number of rotatable bonds is 6. The number of ether oxygens (including phenoxy) is 2. The minimum absolute atomic E-state index is 0.00669. The summed E-state index contributed by atoms with van der Waals surface area (Å²) >= 11 is 0. The molecule has 1 saturated heterocycles. The van der Waals surface area contributed by atoms with Crippen LogP contribution in [0, 0.1) is 5.92 Å². The van der Waals surface area contributed by atoms with Crippen LogP contribution in [0.4, 0.5) is 15.2 Å². The molecular weight excluding hydrogens is 377 g/mol. The molecule has 7 nitrogen and oxygen atoms in total. The van der Waals surface area contributed by atoms with Gasteiger partial charge in [0.15, 0.2) is 5.58 Å². The SMILES string of the molecule is CC1CCN(c2nc3ccc(OCC(=CF)CNC(=O)OC(C)(C)C)cc3o2)C1. The van der Waals surface area contributed by atoms with Crippen molar-refractivity contribution in [2.75, 3.05) is 31.1 Å². The van der Waals surface area contributed by atoms with Crippen molar-refractivity contribution in [3.8, 4) is 5.75 Å². The maximum absolute atomic E-state index is 13.1. The number of hydrogen-bond acceptors (Lipinski definition) is 6. The van der Waals surface area contributed by atoms with E-state index in [0.717, 1.165) is 25.0 Å². The second-order valence-electron chi connectivity index (χ2n) is 8.38. The number of nitrogens with zero attached hydrogens (tertiary/aromatic N) is 2. The van der Waals surface area contributed by atoms with E-state index in [1.54, 1.807) is 32.9 Å². The van der Waals surface area contributed by atoms with Gasteiger partial charge in [0.25, 0.3) is 6.01 Å². The summed E-state index contributed by atoms with van der Waals surface area (Å²) in [6.07, 6.45) is 0.948. The van der Waals surface area contributed by atoms with Gasteiger partial charge in [-0.2, -0.15) is 4.98 Å². The predicted molar refractivity (Wildman–Crippen MR) is 109 cm³/mol. The number of nitrogens with one attached hydrogen (secondary N) is 1. The van der Waals surface area contributed by atoms with Crippen LogP contribution in [0.2, 0.25) is 0 Å². The molecule has 1 aliphatic heterocycles. The van der Waals surface area contributed by atoms with E-state index in [0.29, 0.717) is 29.6 Å². The largest absolute Gasteiger partial charge is 0.489 e. The molecule has 1 aromatic carbocycles. The summed E-state index contributed by atoms with van der Waals surface area (Å²) < 4.78 is 29.8. The van der Waals surface area contributed by atoms with Gasteiger partial charge in [-0.15, -0.1) is 0 Å². The summed E-state index contributed by atoms with van der Waals surface area (Å²) in [5.74, 6) is 1.16. The topological polar surface area (TPSA) is 76.8 Å². The molecule has 1 N–H and O–H groups in total. The maximum atomic E-state index is 13.1. The van der Waals surface area contributed by atoms with Gasteiger partial charge in [-0.05, 0) is 45.2 Å². The molecular formula is C21H28FN3O4. The second-order valence-corrected chi connectivity index (χ2v) is 8.38. The quantitative estimate of drug-likeness (QED) is 0.766. The minimum Gasteiger partial charge on any atom is -0.489 e. The Hall–Kier alpha value is -2.77. The number of fused-ring (bicyclic) bond motifs is 1. The molecule has 1 amide bonds. The molecule has 1 aromatic heterocycles. The van der Waals surface area contributed by atoms with Crippen LogP contribution in [-0.2, 0) is 4.74 Å². The van der Waals surface area contributed by atoms with E-state index in [4.69, 9.17) is 13.9 Å². The molecule has 0 aliphatic carbocycles. The molecule has 1 aliphatic rings. The molecule has 3 rings (SSSR count). The lowest BCUT2D eigenvalue weighted by Crippen LogP contribution is -2.34. The lowest BCUT2D eigenvalue weighted by atomic mass is 10.2. The van der Waals surface area contributed by atoms with Crippen molar-refractivity contribution >= 4 is 23.2 Å². The molecule has 2 aromatic rings. The van der Waals surface area contributed by atoms with E-state index in [2.05, 4.69) is 22.1 Å². The molecule has 2 heterocycles. The van der Waals surface area contributed by atoms with Crippen molar-refractivity contribution in [2.45, 2.75) is 39.7 Å². The molecule has 0 saturated carbocycles. The lowest BCUT2D eigenvalue weighted by Gasteiger charge is -2.20. The highest BCUT2D eigenvalue weighted by molar-refractivity contribution is 5.76. The van der Waals surface area contributed by atoms with Gasteiger partial charge in [-0.1, -0.05) is 6.92 Å². The number of carbonyl (C=O) groups is 1. The number of alkyl carbamates (subject to hydrolysis) is 1. The first-order chi connectivity index (χ1) is 13.7. The summed E-state index contributed by atoms with van der Waals surface area (Å²) in [4.78, 5) is 18.4. The predicted octanol–water partition coefficient (Wildman–Crippen LogP) is 4.43. The van der Waals surface area contributed by atoms with E-state index in [-0.39, 0.29) is 18.7 Å². The Morgan fingerprint density at radius 3 is 2.90 bits per heavy atom. The monoisotopic (exact) mass is 405 g/mol. The molecule has 29 heavy (non-hydrogen) atoms. The van der Waals surface area contributed by atoms with E-state index >= 15 is 0 Å². The van der Waals surface area contributed by atoms with Gasteiger partial charge in [0.2, 0.25) is 0 Å². The average molecular weight is 405 g/mol. The van der Waals surface area contributed by atoms with Gasteiger partial charge in [-0.3, -0.25) is 0 Å². The Morgan fingerprint density at radius 2 is 2.24 bits per heavy atom. The van der Waals surface area contributed by atoms with Gasteiger partial charge >= 0.3 is 6.09 Å². The van der Waals surface area contributed by atoms with E-state index in [1.165, 1.54) is 0 Å². The lowest BCUT2D eigenvalue weighted by molar-refractivity contribution is 0.0531. The molecule has 0 spiro atoms. The first-order valence-electron chi connectivity index (χ1n) is 9.77. The molecule has 8 heteroatoms. The fourth-order valence-electron chi connectivity index (χ4n) is 3.02. The third-order valence-corrected chi connectivity index (χ3v) is 4.48. The number of amides is 1. The van der Waals surface area contributed by atoms with Crippen molar-refractivity contribution in [1.82, 2.24) is 10.3 Å². The van der Waals surface area contributed by atoms with Crippen LogP contribution in [0.3, 0.4) is 0 Å². The molecule has 1 fully saturated rings. The summed E-state index contributed by atoms with van der Waals surface area (Å²) in [7, 11) is 0.